The van der Waals surface area contributed by atoms with Crippen LogP contribution in [0, 0.1) is 6.92 Å². The van der Waals surface area contributed by atoms with Crippen molar-refractivity contribution in [3.63, 3.8) is 0 Å². The van der Waals surface area contributed by atoms with Crippen LogP contribution in [0.2, 0.25) is 0 Å². The number of fused-ring (bicyclic) bond motifs is 1. The van der Waals surface area contributed by atoms with Crippen LogP contribution in [0.5, 0.6) is 0 Å². The maximum Gasteiger partial charge on any atom is 0.243 e. The Morgan fingerprint density at radius 1 is 0.909 bits per heavy atom. The molecule has 0 atom stereocenters. The Morgan fingerprint density at radius 3 is 2.32 bits per heavy atom. The van der Waals surface area contributed by atoms with Crippen molar-refractivity contribution in [3.05, 3.63) is 70.8 Å². The Labute approximate surface area is 132 Å². The summed E-state index contributed by atoms with van der Waals surface area (Å²) in [6.07, 6.45) is 2.07. The monoisotopic (exact) mass is 313 g/mol. The second-order valence-electron chi connectivity index (χ2n) is 5.78. The molecule has 0 N–H and O–H groups in total. The summed E-state index contributed by atoms with van der Waals surface area (Å²) < 4.78 is 27.4. The number of hydrogen-bond donors (Lipinski definition) is 0. The van der Waals surface area contributed by atoms with Crippen molar-refractivity contribution in [1.29, 1.82) is 0 Å². The molecule has 3 rings (SSSR count). The van der Waals surface area contributed by atoms with E-state index in [1.807, 2.05) is 50.2 Å². The van der Waals surface area contributed by atoms with Crippen molar-refractivity contribution in [3.8, 4) is 0 Å². The number of sulfonamides is 1. The Bertz CT molecular complexity index is 820. The smallest absolute Gasteiger partial charge is 0.207 e. The van der Waals surface area contributed by atoms with E-state index in [4.69, 9.17) is 0 Å². The number of rotatable bonds is 2. The molecule has 2 aromatic rings. The molecule has 0 radical (unpaired) electrons. The van der Waals surface area contributed by atoms with Gasteiger partial charge in [0.05, 0.1) is 4.90 Å². The van der Waals surface area contributed by atoms with Crippen molar-refractivity contribution < 1.29 is 8.42 Å². The predicted molar refractivity (Wildman–Crippen MR) is 88.9 cm³/mol. The van der Waals surface area contributed by atoms with E-state index in [2.05, 4.69) is 6.08 Å². The second kappa shape index (κ2) is 5.71. The molecule has 4 heteroatoms. The minimum absolute atomic E-state index is 0.352. The first kappa shape index (κ1) is 15.0. The summed E-state index contributed by atoms with van der Waals surface area (Å²) in [5, 5.41) is 0. The van der Waals surface area contributed by atoms with Crippen LogP contribution in [0.3, 0.4) is 0 Å². The van der Waals surface area contributed by atoms with Crippen LogP contribution in [0.1, 0.15) is 23.6 Å². The molecular formula is C18H19NO2S. The molecule has 0 fully saturated rings. The van der Waals surface area contributed by atoms with Crippen LogP contribution < -0.4 is 0 Å². The highest BCUT2D eigenvalue weighted by Gasteiger charge is 2.26. The summed E-state index contributed by atoms with van der Waals surface area (Å²) in [4.78, 5) is 0.352. The highest BCUT2D eigenvalue weighted by Crippen LogP contribution is 2.25. The average molecular weight is 313 g/mol. The molecule has 0 spiro atoms. The lowest BCUT2D eigenvalue weighted by atomic mass is 10.1. The molecule has 0 aliphatic carbocycles. The van der Waals surface area contributed by atoms with Crippen LogP contribution in [-0.4, -0.2) is 19.3 Å². The van der Waals surface area contributed by atoms with Gasteiger partial charge in [0.15, 0.2) is 0 Å². The lowest BCUT2D eigenvalue weighted by Crippen LogP contribution is -2.31. The standard InChI is InChI=1S/C18H19NO2S/c1-14-7-9-18(10-8-14)22(20,21)19-12-15(2)11-16-5-3-4-6-17(16)13-19/h3-11H,12-13H2,1-2H3. The van der Waals surface area contributed by atoms with E-state index in [1.54, 1.807) is 16.4 Å². The zero-order valence-electron chi connectivity index (χ0n) is 12.8. The lowest BCUT2D eigenvalue weighted by molar-refractivity contribution is 0.434. The molecule has 0 bridgehead atoms. The van der Waals surface area contributed by atoms with Crippen LogP contribution in [-0.2, 0) is 16.6 Å². The summed E-state index contributed by atoms with van der Waals surface area (Å²) in [5.41, 5.74) is 4.23. The van der Waals surface area contributed by atoms with E-state index < -0.39 is 10.0 Å². The summed E-state index contributed by atoms with van der Waals surface area (Å²) in [5.74, 6) is 0. The Morgan fingerprint density at radius 2 is 1.59 bits per heavy atom. The summed E-state index contributed by atoms with van der Waals surface area (Å²) in [7, 11) is -3.49. The van der Waals surface area contributed by atoms with E-state index in [-0.39, 0.29) is 0 Å². The molecule has 22 heavy (non-hydrogen) atoms. The molecule has 0 unspecified atom stereocenters. The van der Waals surface area contributed by atoms with E-state index in [9.17, 15) is 8.42 Å². The van der Waals surface area contributed by atoms with Crippen LogP contribution in [0.25, 0.3) is 6.08 Å². The first-order valence-corrected chi connectivity index (χ1v) is 8.73. The zero-order valence-corrected chi connectivity index (χ0v) is 13.6. The summed E-state index contributed by atoms with van der Waals surface area (Å²) in [6.45, 7) is 4.75. The number of nitrogens with zero attached hydrogens (tertiary/aromatic N) is 1. The van der Waals surface area contributed by atoms with Gasteiger partial charge in [0.25, 0.3) is 0 Å². The molecule has 3 nitrogen and oxygen atoms in total. The molecule has 1 aliphatic rings. The highest BCUT2D eigenvalue weighted by atomic mass is 32.2. The maximum atomic E-state index is 12.9. The average Bonchev–Trinajstić information content (AvgIpc) is 2.66. The van der Waals surface area contributed by atoms with Crippen molar-refractivity contribution in [2.24, 2.45) is 0 Å². The molecule has 0 saturated carbocycles. The van der Waals surface area contributed by atoms with Crippen molar-refractivity contribution in [1.82, 2.24) is 4.31 Å². The number of hydrogen-bond acceptors (Lipinski definition) is 2. The zero-order chi connectivity index (χ0) is 15.7. The van der Waals surface area contributed by atoms with Gasteiger partial charge < -0.3 is 0 Å². The fourth-order valence-corrected chi connectivity index (χ4v) is 4.14. The minimum Gasteiger partial charge on any atom is -0.207 e. The fourth-order valence-electron chi connectivity index (χ4n) is 2.68. The van der Waals surface area contributed by atoms with Gasteiger partial charge >= 0.3 is 0 Å². The van der Waals surface area contributed by atoms with Gasteiger partial charge in [-0.05, 0) is 37.1 Å². The summed E-state index contributed by atoms with van der Waals surface area (Å²) in [6, 6.07) is 15.0. The third-order valence-electron chi connectivity index (χ3n) is 3.89. The van der Waals surface area contributed by atoms with Gasteiger partial charge in [-0.1, -0.05) is 53.6 Å². The molecule has 0 aromatic heterocycles. The third-order valence-corrected chi connectivity index (χ3v) is 5.69. The minimum atomic E-state index is -3.49. The molecular weight excluding hydrogens is 294 g/mol. The molecule has 114 valence electrons. The predicted octanol–water partition coefficient (Wildman–Crippen LogP) is 3.60. The van der Waals surface area contributed by atoms with Gasteiger partial charge in [-0.2, -0.15) is 4.31 Å². The summed E-state index contributed by atoms with van der Waals surface area (Å²) >= 11 is 0. The van der Waals surface area contributed by atoms with Crippen LogP contribution in [0.4, 0.5) is 0 Å². The first-order chi connectivity index (χ1) is 10.5. The van der Waals surface area contributed by atoms with Gasteiger partial charge in [0.1, 0.15) is 0 Å². The molecule has 1 heterocycles. The van der Waals surface area contributed by atoms with Gasteiger partial charge in [-0.15, -0.1) is 0 Å². The highest BCUT2D eigenvalue weighted by molar-refractivity contribution is 7.89. The van der Waals surface area contributed by atoms with E-state index in [1.165, 1.54) is 0 Å². The van der Waals surface area contributed by atoms with E-state index in [0.29, 0.717) is 18.0 Å². The van der Waals surface area contributed by atoms with Gasteiger partial charge in [0, 0.05) is 13.1 Å². The SMILES string of the molecule is CC1=Cc2ccccc2CN(S(=O)(=O)c2ccc(C)cc2)C1. The number of benzene rings is 2. The molecule has 1 aliphatic heterocycles. The normalized spacial score (nSPS) is 15.8. The van der Waals surface area contributed by atoms with Crippen molar-refractivity contribution >= 4 is 16.1 Å². The quantitative estimate of drug-likeness (QED) is 0.849. The molecule has 2 aromatic carbocycles. The van der Waals surface area contributed by atoms with Crippen LogP contribution in [0.15, 0.2) is 59.0 Å². The molecule has 0 saturated heterocycles. The third kappa shape index (κ3) is 2.85. The fraction of sp³-hybridized carbons (Fsp3) is 0.222. The van der Waals surface area contributed by atoms with Gasteiger partial charge in [0.2, 0.25) is 10.0 Å². The van der Waals surface area contributed by atoms with E-state index >= 15 is 0 Å². The van der Waals surface area contributed by atoms with Crippen molar-refractivity contribution in [2.75, 3.05) is 6.54 Å². The second-order valence-corrected chi connectivity index (χ2v) is 7.71. The van der Waals surface area contributed by atoms with Crippen molar-refractivity contribution in [2.45, 2.75) is 25.3 Å². The maximum absolute atomic E-state index is 12.9. The Balaban J connectivity index is 2.02. The first-order valence-electron chi connectivity index (χ1n) is 7.29. The van der Waals surface area contributed by atoms with Crippen LogP contribution >= 0.6 is 0 Å². The number of aryl methyl sites for hydroxylation is 1. The van der Waals surface area contributed by atoms with Gasteiger partial charge in [-0.25, -0.2) is 8.42 Å². The molecule has 0 amide bonds. The van der Waals surface area contributed by atoms with Gasteiger partial charge in [-0.3, -0.25) is 0 Å². The Kier molecular flexibility index (Phi) is 3.89. The largest absolute Gasteiger partial charge is 0.243 e. The lowest BCUT2D eigenvalue weighted by Gasteiger charge is -2.21. The topological polar surface area (TPSA) is 37.4 Å². The Hall–Kier alpha value is -1.91. The van der Waals surface area contributed by atoms with E-state index in [0.717, 1.165) is 22.3 Å².